The van der Waals surface area contributed by atoms with Crippen LogP contribution in [0, 0.1) is 32.1 Å². The van der Waals surface area contributed by atoms with E-state index in [4.69, 9.17) is 0 Å². The van der Waals surface area contributed by atoms with Crippen LogP contribution in [-0.2, 0) is 0 Å². The Labute approximate surface area is 155 Å². The highest BCUT2D eigenvalue weighted by atomic mass is 16.6. The van der Waals surface area contributed by atoms with Crippen molar-refractivity contribution in [2.75, 3.05) is 5.43 Å². The van der Waals surface area contributed by atoms with Crippen molar-refractivity contribution in [3.05, 3.63) is 86.0 Å². The van der Waals surface area contributed by atoms with Crippen LogP contribution in [0.25, 0.3) is 0 Å². The van der Waals surface area contributed by atoms with E-state index in [1.54, 1.807) is 13.0 Å². The van der Waals surface area contributed by atoms with Gasteiger partial charge in [0.15, 0.2) is 0 Å². The summed E-state index contributed by atoms with van der Waals surface area (Å²) in [5.41, 5.74) is 4.04. The predicted octanol–water partition coefficient (Wildman–Crippen LogP) is 4.29. The highest BCUT2D eigenvalue weighted by molar-refractivity contribution is 5.94. The smallest absolute Gasteiger partial charge is 0.271 e. The maximum absolute atomic E-state index is 11.1. The molecule has 2 aromatic carbocycles. The average molecular weight is 364 g/mol. The first kappa shape index (κ1) is 19.3. The van der Waals surface area contributed by atoms with Crippen molar-refractivity contribution in [2.24, 2.45) is 5.10 Å². The molecule has 0 radical (unpaired) electrons. The zero-order valence-corrected chi connectivity index (χ0v) is 14.7. The summed E-state index contributed by atoms with van der Waals surface area (Å²) in [4.78, 5) is 20.5. The van der Waals surface area contributed by atoms with Gasteiger partial charge >= 0.3 is 5.69 Å². The number of hydrogen-bond acceptors (Lipinski definition) is 6. The zero-order valence-electron chi connectivity index (χ0n) is 14.7. The van der Waals surface area contributed by atoms with Gasteiger partial charge in [-0.05, 0) is 38.1 Å². The number of nitro benzene ring substituents is 2. The molecule has 136 valence electrons. The molecule has 0 aliphatic heterocycles. The average Bonchev–Trinajstić information content (AvgIpc) is 2.65. The highest BCUT2D eigenvalue weighted by Gasteiger charge is 2.19. The first-order chi connectivity index (χ1) is 12.9. The van der Waals surface area contributed by atoms with Crippen molar-refractivity contribution in [1.82, 2.24) is 0 Å². The molecule has 8 nitrogen and oxygen atoms in total. The molecule has 0 aliphatic carbocycles. The fourth-order valence-electron chi connectivity index (χ4n) is 2.10. The summed E-state index contributed by atoms with van der Waals surface area (Å²) < 4.78 is 0. The number of hydrazone groups is 1. The van der Waals surface area contributed by atoms with E-state index in [0.717, 1.165) is 17.2 Å². The third kappa shape index (κ3) is 5.79. The van der Waals surface area contributed by atoms with Crippen molar-refractivity contribution in [3.8, 4) is 11.8 Å². The summed E-state index contributed by atoms with van der Waals surface area (Å²) in [6.07, 6.45) is 1.72. The Kier molecular flexibility index (Phi) is 6.39. The molecule has 0 saturated heterocycles. The summed E-state index contributed by atoms with van der Waals surface area (Å²) in [6.45, 7) is 3.53. The topological polar surface area (TPSA) is 111 Å². The van der Waals surface area contributed by atoms with Crippen LogP contribution in [0.15, 0.2) is 65.3 Å². The van der Waals surface area contributed by atoms with Crippen LogP contribution in [0.1, 0.15) is 19.4 Å². The Hall–Kier alpha value is -3.99. The van der Waals surface area contributed by atoms with Crippen LogP contribution >= 0.6 is 0 Å². The van der Waals surface area contributed by atoms with Crippen molar-refractivity contribution in [2.45, 2.75) is 13.8 Å². The molecule has 0 bridgehead atoms. The molecule has 8 heteroatoms. The normalized spacial score (nSPS) is 11.3. The standard InChI is InChI=1S/C19H16N4O4/c1-14(8-9-16-6-4-3-5-7-16)12-15(2)20-21-18-11-10-17(22(24)25)13-19(18)23(26)27/h3-7,10-13,21H,1-2H3. The van der Waals surface area contributed by atoms with E-state index in [2.05, 4.69) is 22.4 Å². The molecule has 0 unspecified atom stereocenters. The number of non-ortho nitro benzene ring substituents is 1. The van der Waals surface area contributed by atoms with Crippen LogP contribution in [0.5, 0.6) is 0 Å². The second kappa shape index (κ2) is 8.92. The maximum atomic E-state index is 11.1. The molecule has 2 aromatic rings. The minimum atomic E-state index is -0.702. The van der Waals surface area contributed by atoms with E-state index in [1.807, 2.05) is 37.3 Å². The Balaban J connectivity index is 2.16. The summed E-state index contributed by atoms with van der Waals surface area (Å²) in [6, 6.07) is 12.8. The van der Waals surface area contributed by atoms with Gasteiger partial charge in [-0.25, -0.2) is 0 Å². The number of nitro groups is 2. The quantitative estimate of drug-likeness (QED) is 0.368. The van der Waals surface area contributed by atoms with Crippen LogP contribution in [0.2, 0.25) is 0 Å². The van der Waals surface area contributed by atoms with E-state index < -0.39 is 15.5 Å². The summed E-state index contributed by atoms with van der Waals surface area (Å²) in [5, 5.41) is 25.9. The fraction of sp³-hybridized carbons (Fsp3) is 0.105. The van der Waals surface area contributed by atoms with E-state index in [1.165, 1.54) is 12.1 Å². The molecular weight excluding hydrogens is 348 g/mol. The second-order valence-corrected chi connectivity index (χ2v) is 5.52. The number of benzene rings is 2. The number of hydrogen-bond donors (Lipinski definition) is 1. The molecule has 0 spiro atoms. The largest absolute Gasteiger partial charge is 0.301 e. The van der Waals surface area contributed by atoms with Gasteiger partial charge < -0.3 is 0 Å². The number of allylic oxidation sites excluding steroid dienone is 2. The van der Waals surface area contributed by atoms with Gasteiger partial charge in [-0.15, -0.1) is 0 Å². The van der Waals surface area contributed by atoms with Crippen LogP contribution in [0.4, 0.5) is 17.1 Å². The van der Waals surface area contributed by atoms with Crippen molar-refractivity contribution in [1.29, 1.82) is 0 Å². The molecule has 0 aliphatic rings. The Morgan fingerprint density at radius 3 is 2.41 bits per heavy atom. The van der Waals surface area contributed by atoms with Crippen LogP contribution in [0.3, 0.4) is 0 Å². The van der Waals surface area contributed by atoms with E-state index in [0.29, 0.717) is 5.71 Å². The summed E-state index contributed by atoms with van der Waals surface area (Å²) in [5.74, 6) is 6.01. The van der Waals surface area contributed by atoms with Crippen molar-refractivity contribution >= 4 is 22.8 Å². The SMILES string of the molecule is CC(C#Cc1ccccc1)=CC(C)=NNc1ccc([N+](=O)[O-])cc1[N+](=O)[O-]. The van der Waals surface area contributed by atoms with Gasteiger partial charge in [-0.2, -0.15) is 5.10 Å². The van der Waals surface area contributed by atoms with Gasteiger partial charge in [0.1, 0.15) is 5.69 Å². The Morgan fingerprint density at radius 2 is 1.78 bits per heavy atom. The summed E-state index contributed by atoms with van der Waals surface area (Å²) in [7, 11) is 0. The molecule has 0 heterocycles. The van der Waals surface area contributed by atoms with Gasteiger partial charge in [0.25, 0.3) is 5.69 Å². The number of rotatable bonds is 5. The molecule has 2 rings (SSSR count). The molecular formula is C19H16N4O4. The molecule has 1 N–H and O–H groups in total. The van der Waals surface area contributed by atoms with Crippen LogP contribution in [-0.4, -0.2) is 15.6 Å². The lowest BCUT2D eigenvalue weighted by Gasteiger charge is -2.03. The van der Waals surface area contributed by atoms with Gasteiger partial charge in [0.2, 0.25) is 0 Å². The third-order valence-corrected chi connectivity index (χ3v) is 3.34. The first-order valence-corrected chi connectivity index (χ1v) is 7.85. The predicted molar refractivity (Wildman–Crippen MR) is 104 cm³/mol. The molecule has 0 atom stereocenters. The van der Waals surface area contributed by atoms with E-state index in [-0.39, 0.29) is 11.4 Å². The Morgan fingerprint density at radius 1 is 1.07 bits per heavy atom. The van der Waals surface area contributed by atoms with E-state index >= 15 is 0 Å². The van der Waals surface area contributed by atoms with Crippen molar-refractivity contribution < 1.29 is 9.85 Å². The third-order valence-electron chi connectivity index (χ3n) is 3.34. The molecule has 27 heavy (non-hydrogen) atoms. The fourth-order valence-corrected chi connectivity index (χ4v) is 2.10. The molecule has 0 saturated carbocycles. The minimum absolute atomic E-state index is 0.0615. The monoisotopic (exact) mass is 364 g/mol. The molecule has 0 fully saturated rings. The van der Waals surface area contributed by atoms with Gasteiger partial charge in [-0.1, -0.05) is 30.0 Å². The number of anilines is 1. The van der Waals surface area contributed by atoms with Gasteiger partial charge in [0, 0.05) is 17.2 Å². The lowest BCUT2D eigenvalue weighted by Crippen LogP contribution is -2.00. The molecule has 0 amide bonds. The van der Waals surface area contributed by atoms with E-state index in [9.17, 15) is 20.2 Å². The number of nitrogens with zero attached hydrogens (tertiary/aromatic N) is 3. The van der Waals surface area contributed by atoms with Gasteiger partial charge in [0.05, 0.1) is 21.6 Å². The maximum Gasteiger partial charge on any atom is 0.301 e. The Bertz CT molecular complexity index is 986. The summed E-state index contributed by atoms with van der Waals surface area (Å²) >= 11 is 0. The number of nitrogens with one attached hydrogen (secondary N) is 1. The first-order valence-electron chi connectivity index (χ1n) is 7.85. The zero-order chi connectivity index (χ0) is 19.8. The second-order valence-electron chi connectivity index (χ2n) is 5.52. The lowest BCUT2D eigenvalue weighted by molar-refractivity contribution is -0.393. The lowest BCUT2D eigenvalue weighted by atomic mass is 10.2. The molecule has 0 aromatic heterocycles. The minimum Gasteiger partial charge on any atom is -0.271 e. The van der Waals surface area contributed by atoms with Crippen LogP contribution < -0.4 is 5.43 Å². The highest BCUT2D eigenvalue weighted by Crippen LogP contribution is 2.28. The van der Waals surface area contributed by atoms with Gasteiger partial charge in [-0.3, -0.25) is 25.7 Å². The van der Waals surface area contributed by atoms with Crippen molar-refractivity contribution in [3.63, 3.8) is 0 Å².